The normalized spacial score (nSPS) is 10.9. The summed E-state index contributed by atoms with van der Waals surface area (Å²) < 4.78 is 23.4. The van der Waals surface area contributed by atoms with Crippen molar-refractivity contribution in [2.45, 2.75) is 33.9 Å². The zero-order valence-corrected chi connectivity index (χ0v) is 22.4. The number of anilines is 3. The van der Waals surface area contributed by atoms with Crippen molar-refractivity contribution in [3.63, 3.8) is 0 Å². The van der Waals surface area contributed by atoms with Crippen LogP contribution in [0.2, 0.25) is 0 Å². The molecule has 4 rings (SSSR count). The van der Waals surface area contributed by atoms with E-state index in [1.807, 2.05) is 23.6 Å². The molecule has 0 bridgehead atoms. The molecule has 0 fully saturated rings. The van der Waals surface area contributed by atoms with Gasteiger partial charge >= 0.3 is 5.97 Å². The van der Waals surface area contributed by atoms with Crippen LogP contribution in [0.3, 0.4) is 0 Å². The molecule has 4 aromatic rings. The van der Waals surface area contributed by atoms with Gasteiger partial charge in [0.2, 0.25) is 11.7 Å². The lowest BCUT2D eigenvalue weighted by molar-refractivity contribution is 0.0531. The molecule has 0 spiro atoms. The molecule has 1 aromatic carbocycles. The lowest BCUT2D eigenvalue weighted by atomic mass is 10.1. The van der Waals surface area contributed by atoms with Crippen LogP contribution in [0, 0.1) is 6.92 Å². The first-order chi connectivity index (χ1) is 17.9. The van der Waals surface area contributed by atoms with Crippen LogP contribution in [-0.4, -0.2) is 58.4 Å². The molecule has 0 saturated heterocycles. The van der Waals surface area contributed by atoms with E-state index in [2.05, 4.69) is 25.6 Å². The number of imidazole rings is 1. The van der Waals surface area contributed by atoms with Crippen molar-refractivity contribution in [3.05, 3.63) is 34.6 Å². The Morgan fingerprint density at radius 3 is 2.41 bits per heavy atom. The van der Waals surface area contributed by atoms with Crippen molar-refractivity contribution < 1.29 is 23.7 Å². The van der Waals surface area contributed by atoms with Crippen LogP contribution in [0.4, 0.5) is 16.9 Å². The van der Waals surface area contributed by atoms with Crippen LogP contribution in [0.5, 0.6) is 17.2 Å². The Hall–Kier alpha value is -4.13. The average Bonchev–Trinajstić information content (AvgIpc) is 3.49. The minimum absolute atomic E-state index is 0.291. The Morgan fingerprint density at radius 1 is 1.05 bits per heavy atom. The number of benzene rings is 1. The molecule has 0 aliphatic heterocycles. The zero-order valence-electron chi connectivity index (χ0n) is 21.5. The zero-order chi connectivity index (χ0) is 26.5. The van der Waals surface area contributed by atoms with E-state index in [1.54, 1.807) is 41.5 Å². The van der Waals surface area contributed by atoms with Crippen LogP contribution in [-0.2, 0) is 17.8 Å². The maximum absolute atomic E-state index is 12.2. The molecular weight excluding hydrogens is 498 g/mol. The highest BCUT2D eigenvalue weighted by atomic mass is 32.1. The standard InChI is InChI=1S/C24H29N7O5S/c1-7-31-12-26-21-17(31)20(25-11-14-9-15(33-4)18(35-6)16(10-14)34-5)28-23(29-21)30-24-27-13(3)19(37-24)22(32)36-8-2/h9-10,12H,7-8,11H2,1-6H3,(H2,25,27,28,29,30). The van der Waals surface area contributed by atoms with Crippen molar-refractivity contribution in [2.75, 3.05) is 38.6 Å². The first kappa shape index (κ1) is 25.9. The summed E-state index contributed by atoms with van der Waals surface area (Å²) in [6, 6.07) is 3.75. The number of methoxy groups -OCH3 is 3. The maximum Gasteiger partial charge on any atom is 0.350 e. The van der Waals surface area contributed by atoms with Crippen molar-refractivity contribution in [1.82, 2.24) is 24.5 Å². The summed E-state index contributed by atoms with van der Waals surface area (Å²) in [5, 5.41) is 6.97. The van der Waals surface area contributed by atoms with Gasteiger partial charge in [-0.15, -0.1) is 0 Å². The van der Waals surface area contributed by atoms with E-state index in [-0.39, 0.29) is 0 Å². The van der Waals surface area contributed by atoms with Gasteiger partial charge in [-0.05, 0) is 38.5 Å². The lowest BCUT2D eigenvalue weighted by Crippen LogP contribution is -2.08. The second-order valence-electron chi connectivity index (χ2n) is 7.76. The highest BCUT2D eigenvalue weighted by Gasteiger charge is 2.19. The second-order valence-corrected chi connectivity index (χ2v) is 8.76. The summed E-state index contributed by atoms with van der Waals surface area (Å²) in [5.41, 5.74) is 2.75. The lowest BCUT2D eigenvalue weighted by Gasteiger charge is -2.15. The van der Waals surface area contributed by atoms with E-state index in [0.717, 1.165) is 11.1 Å². The van der Waals surface area contributed by atoms with Crippen molar-refractivity contribution in [3.8, 4) is 17.2 Å². The third-order valence-electron chi connectivity index (χ3n) is 5.47. The summed E-state index contributed by atoms with van der Waals surface area (Å²) >= 11 is 1.18. The molecule has 3 heterocycles. The highest BCUT2D eigenvalue weighted by Crippen LogP contribution is 2.38. The number of hydrogen-bond donors (Lipinski definition) is 2. The van der Waals surface area contributed by atoms with E-state index in [0.29, 0.717) is 70.1 Å². The SMILES string of the molecule is CCOC(=O)c1sc(Nc2nc(NCc3cc(OC)c(OC)c(OC)c3)c3c(ncn3CC)n2)nc1C. The summed E-state index contributed by atoms with van der Waals surface area (Å²) in [6.07, 6.45) is 1.72. The van der Waals surface area contributed by atoms with Crippen molar-refractivity contribution in [1.29, 1.82) is 0 Å². The first-order valence-electron chi connectivity index (χ1n) is 11.6. The van der Waals surface area contributed by atoms with Gasteiger partial charge in [0, 0.05) is 13.1 Å². The fourth-order valence-corrected chi connectivity index (χ4v) is 4.61. The average molecular weight is 528 g/mol. The van der Waals surface area contributed by atoms with Crippen LogP contribution < -0.4 is 24.8 Å². The molecule has 13 heteroatoms. The Labute approximate surface area is 218 Å². The van der Waals surface area contributed by atoms with Gasteiger partial charge in [0.15, 0.2) is 28.1 Å². The molecule has 0 unspecified atom stereocenters. The molecule has 0 saturated carbocycles. The van der Waals surface area contributed by atoms with E-state index in [1.165, 1.54) is 11.3 Å². The number of fused-ring (bicyclic) bond motifs is 1. The molecule has 0 radical (unpaired) electrons. The molecule has 12 nitrogen and oxygen atoms in total. The van der Waals surface area contributed by atoms with E-state index < -0.39 is 5.97 Å². The number of rotatable bonds is 11. The van der Waals surface area contributed by atoms with Gasteiger partial charge in [-0.25, -0.2) is 14.8 Å². The van der Waals surface area contributed by atoms with Gasteiger partial charge in [-0.2, -0.15) is 9.97 Å². The number of carbonyl (C=O) groups excluding carboxylic acids is 1. The fourth-order valence-electron chi connectivity index (χ4n) is 3.75. The Morgan fingerprint density at radius 2 is 1.78 bits per heavy atom. The smallest absolute Gasteiger partial charge is 0.350 e. The monoisotopic (exact) mass is 527 g/mol. The Bertz CT molecular complexity index is 1390. The second kappa shape index (κ2) is 11.3. The minimum Gasteiger partial charge on any atom is -0.493 e. The number of esters is 1. The predicted octanol–water partition coefficient (Wildman–Crippen LogP) is 4.17. The van der Waals surface area contributed by atoms with Gasteiger partial charge in [0.25, 0.3) is 0 Å². The number of carbonyl (C=O) groups is 1. The van der Waals surface area contributed by atoms with E-state index in [9.17, 15) is 4.79 Å². The largest absolute Gasteiger partial charge is 0.493 e. The highest BCUT2D eigenvalue weighted by molar-refractivity contribution is 7.17. The predicted molar refractivity (Wildman–Crippen MR) is 141 cm³/mol. The van der Waals surface area contributed by atoms with Gasteiger partial charge < -0.3 is 28.8 Å². The Kier molecular flexibility index (Phi) is 7.92. The number of nitrogens with one attached hydrogen (secondary N) is 2. The van der Waals surface area contributed by atoms with Crippen LogP contribution in [0.25, 0.3) is 11.2 Å². The molecule has 2 N–H and O–H groups in total. The molecule has 0 aliphatic rings. The van der Waals surface area contributed by atoms with Crippen LogP contribution in [0.15, 0.2) is 18.5 Å². The molecule has 0 amide bonds. The number of nitrogens with zero attached hydrogens (tertiary/aromatic N) is 5. The topological polar surface area (TPSA) is 135 Å². The maximum atomic E-state index is 12.2. The van der Waals surface area contributed by atoms with Crippen molar-refractivity contribution in [2.24, 2.45) is 0 Å². The van der Waals surface area contributed by atoms with E-state index >= 15 is 0 Å². The molecular formula is C24H29N7O5S. The first-order valence-corrected chi connectivity index (χ1v) is 12.4. The fraction of sp³-hybridized carbons (Fsp3) is 0.375. The van der Waals surface area contributed by atoms with Gasteiger partial charge in [-0.1, -0.05) is 11.3 Å². The molecule has 37 heavy (non-hydrogen) atoms. The third-order valence-corrected chi connectivity index (χ3v) is 6.53. The summed E-state index contributed by atoms with van der Waals surface area (Å²) in [7, 11) is 4.72. The Balaban J connectivity index is 1.66. The summed E-state index contributed by atoms with van der Waals surface area (Å²) in [4.78, 5) is 30.7. The van der Waals surface area contributed by atoms with Crippen LogP contribution >= 0.6 is 11.3 Å². The van der Waals surface area contributed by atoms with Crippen molar-refractivity contribution >= 4 is 45.4 Å². The number of ether oxygens (including phenoxy) is 4. The molecule has 3 aromatic heterocycles. The molecule has 196 valence electrons. The van der Waals surface area contributed by atoms with Gasteiger partial charge in [0.1, 0.15) is 10.4 Å². The van der Waals surface area contributed by atoms with Gasteiger partial charge in [0.05, 0.1) is 40.0 Å². The number of thiazole rings is 1. The number of aryl methyl sites for hydroxylation is 2. The third kappa shape index (κ3) is 5.35. The number of hydrogen-bond acceptors (Lipinski definition) is 12. The number of aromatic nitrogens is 5. The summed E-state index contributed by atoms with van der Waals surface area (Å²) in [5.74, 6) is 2.11. The van der Waals surface area contributed by atoms with Crippen LogP contribution in [0.1, 0.15) is 34.8 Å². The molecule has 0 aliphatic carbocycles. The minimum atomic E-state index is -0.406. The molecule has 0 atom stereocenters. The quantitative estimate of drug-likeness (QED) is 0.272. The summed E-state index contributed by atoms with van der Waals surface area (Å²) in [6.45, 7) is 6.94. The van der Waals surface area contributed by atoms with Gasteiger partial charge in [-0.3, -0.25) is 5.32 Å². The van der Waals surface area contributed by atoms with E-state index in [4.69, 9.17) is 23.9 Å².